The number of carbonyl (C=O) groups excluding carboxylic acids is 2. The SMILES string of the molecule is C=CC(=O)Nc1ccccc1Nc1nc(Nc2ccc3c(c2)/C(=C/c2ccccc2C(F)(F)F)C(=O)N3)ncc1Cl. The molecule has 5 rings (SSSR count). The maximum Gasteiger partial charge on any atom is 0.416 e. The van der Waals surface area contributed by atoms with Crippen LogP contribution in [0.5, 0.6) is 0 Å². The molecule has 2 heterocycles. The zero-order valence-corrected chi connectivity index (χ0v) is 21.8. The van der Waals surface area contributed by atoms with Crippen LogP contribution in [0.4, 0.5) is 47.7 Å². The summed E-state index contributed by atoms with van der Waals surface area (Å²) < 4.78 is 40.6. The van der Waals surface area contributed by atoms with E-state index in [1.807, 2.05) is 0 Å². The third-order valence-electron chi connectivity index (χ3n) is 5.99. The van der Waals surface area contributed by atoms with Crippen LogP contribution in [0.2, 0.25) is 5.02 Å². The van der Waals surface area contributed by atoms with Crippen molar-refractivity contribution in [3.8, 4) is 0 Å². The molecule has 0 bridgehead atoms. The molecule has 0 aliphatic carbocycles. The Hall–Kier alpha value is -5.16. The lowest BCUT2D eigenvalue weighted by Crippen LogP contribution is -2.09. The Balaban J connectivity index is 1.43. The summed E-state index contributed by atoms with van der Waals surface area (Å²) in [4.78, 5) is 33.1. The van der Waals surface area contributed by atoms with Gasteiger partial charge in [-0.2, -0.15) is 18.2 Å². The van der Waals surface area contributed by atoms with Gasteiger partial charge in [-0.05, 0) is 54.1 Å². The minimum absolute atomic E-state index is 0.0814. The van der Waals surface area contributed by atoms with Crippen molar-refractivity contribution >= 4 is 69.6 Å². The third-order valence-corrected chi connectivity index (χ3v) is 6.27. The van der Waals surface area contributed by atoms with Crippen LogP contribution in [0.1, 0.15) is 16.7 Å². The summed E-state index contributed by atoms with van der Waals surface area (Å²) in [5, 5.41) is 11.7. The van der Waals surface area contributed by atoms with Crippen molar-refractivity contribution in [1.82, 2.24) is 9.97 Å². The number of nitrogens with one attached hydrogen (secondary N) is 4. The molecular weight excluding hydrogens is 557 g/mol. The molecule has 0 fully saturated rings. The molecule has 0 saturated heterocycles. The van der Waals surface area contributed by atoms with E-state index in [1.165, 1.54) is 30.5 Å². The van der Waals surface area contributed by atoms with Crippen LogP contribution < -0.4 is 21.3 Å². The lowest BCUT2D eigenvalue weighted by atomic mass is 10.00. The molecule has 4 N–H and O–H groups in total. The topological polar surface area (TPSA) is 108 Å². The van der Waals surface area contributed by atoms with Gasteiger partial charge in [0, 0.05) is 22.5 Å². The van der Waals surface area contributed by atoms with E-state index in [-0.39, 0.29) is 27.9 Å². The van der Waals surface area contributed by atoms with Crippen LogP contribution in [0.25, 0.3) is 11.6 Å². The van der Waals surface area contributed by atoms with E-state index in [0.29, 0.717) is 28.3 Å². The number of para-hydroxylation sites is 2. The highest BCUT2D eigenvalue weighted by atomic mass is 35.5. The number of nitrogens with zero attached hydrogens (tertiary/aromatic N) is 2. The van der Waals surface area contributed by atoms with Crippen LogP contribution in [0, 0.1) is 0 Å². The normalized spacial score (nSPS) is 13.4. The van der Waals surface area contributed by atoms with E-state index in [2.05, 4.69) is 37.8 Å². The summed E-state index contributed by atoms with van der Waals surface area (Å²) in [5.41, 5.74) is 1.44. The standard InChI is InChI=1S/C29H20ClF3N6O2/c1-2-25(40)36-23-9-5-6-10-24(23)37-26-21(30)15-34-28(39-26)35-17-11-12-22-18(14-17)19(27(41)38-22)13-16-7-3-4-8-20(16)29(31,32)33/h2-15H,1H2,(H,36,40)(H,38,41)(H2,34,35,37,39)/b19-13-. The number of alkyl halides is 3. The van der Waals surface area contributed by atoms with Crippen molar-refractivity contribution in [2.75, 3.05) is 21.3 Å². The van der Waals surface area contributed by atoms with E-state index >= 15 is 0 Å². The molecule has 1 aromatic heterocycles. The zero-order chi connectivity index (χ0) is 29.1. The van der Waals surface area contributed by atoms with Gasteiger partial charge in [-0.25, -0.2) is 4.98 Å². The van der Waals surface area contributed by atoms with Crippen molar-refractivity contribution in [2.24, 2.45) is 0 Å². The van der Waals surface area contributed by atoms with Gasteiger partial charge in [-0.15, -0.1) is 0 Å². The largest absolute Gasteiger partial charge is 0.416 e. The number of halogens is 4. The molecule has 0 atom stereocenters. The smallest absolute Gasteiger partial charge is 0.337 e. The summed E-state index contributed by atoms with van der Waals surface area (Å²) >= 11 is 6.32. The fourth-order valence-corrected chi connectivity index (χ4v) is 4.24. The van der Waals surface area contributed by atoms with E-state index < -0.39 is 23.6 Å². The number of hydrogen-bond donors (Lipinski definition) is 4. The maximum absolute atomic E-state index is 13.5. The Labute approximate surface area is 237 Å². The number of amides is 2. The first kappa shape index (κ1) is 27.4. The second-order valence-electron chi connectivity index (χ2n) is 8.74. The van der Waals surface area contributed by atoms with Gasteiger partial charge in [0.05, 0.1) is 23.1 Å². The molecule has 0 radical (unpaired) electrons. The molecule has 0 saturated carbocycles. The fourth-order valence-electron chi connectivity index (χ4n) is 4.10. The molecule has 4 aromatic rings. The first-order valence-corrected chi connectivity index (χ1v) is 12.4. The van der Waals surface area contributed by atoms with Crippen LogP contribution in [0.3, 0.4) is 0 Å². The average Bonchev–Trinajstić information content (AvgIpc) is 3.25. The highest BCUT2D eigenvalue weighted by Gasteiger charge is 2.33. The van der Waals surface area contributed by atoms with Crippen molar-refractivity contribution in [2.45, 2.75) is 6.18 Å². The molecule has 3 aromatic carbocycles. The molecule has 0 spiro atoms. The lowest BCUT2D eigenvalue weighted by molar-refractivity contribution is -0.137. The summed E-state index contributed by atoms with van der Waals surface area (Å²) in [6.07, 6.45) is -0.838. The Morgan fingerprint density at radius 1 is 1.00 bits per heavy atom. The van der Waals surface area contributed by atoms with Gasteiger partial charge < -0.3 is 21.3 Å². The molecule has 1 aliphatic heterocycles. The number of carbonyl (C=O) groups is 2. The number of aromatic nitrogens is 2. The fraction of sp³-hybridized carbons (Fsp3) is 0.0345. The number of rotatable bonds is 7. The Morgan fingerprint density at radius 2 is 1.73 bits per heavy atom. The number of fused-ring (bicyclic) bond motifs is 1. The van der Waals surface area contributed by atoms with Gasteiger partial charge in [0.25, 0.3) is 5.91 Å². The predicted molar refractivity (Wildman–Crippen MR) is 153 cm³/mol. The first-order chi connectivity index (χ1) is 19.6. The van der Waals surface area contributed by atoms with Crippen molar-refractivity contribution in [1.29, 1.82) is 0 Å². The molecular formula is C29H20ClF3N6O2. The Bertz CT molecular complexity index is 1720. The second-order valence-corrected chi connectivity index (χ2v) is 9.14. The summed E-state index contributed by atoms with van der Waals surface area (Å²) in [5.74, 6) is -0.526. The highest BCUT2D eigenvalue weighted by molar-refractivity contribution is 6.35. The minimum Gasteiger partial charge on any atom is -0.337 e. The van der Waals surface area contributed by atoms with Crippen LogP contribution >= 0.6 is 11.6 Å². The van der Waals surface area contributed by atoms with Gasteiger partial charge >= 0.3 is 6.18 Å². The quantitative estimate of drug-likeness (QED) is 0.173. The van der Waals surface area contributed by atoms with Gasteiger partial charge in [0.2, 0.25) is 11.9 Å². The predicted octanol–water partition coefficient (Wildman–Crippen LogP) is 7.25. The number of anilines is 6. The van der Waals surface area contributed by atoms with E-state index in [0.717, 1.165) is 12.1 Å². The zero-order valence-electron chi connectivity index (χ0n) is 21.0. The Morgan fingerprint density at radius 3 is 2.49 bits per heavy atom. The van der Waals surface area contributed by atoms with Crippen LogP contribution in [-0.4, -0.2) is 21.8 Å². The second kappa shape index (κ2) is 11.1. The first-order valence-electron chi connectivity index (χ1n) is 12.0. The number of benzene rings is 3. The van der Waals surface area contributed by atoms with E-state index in [9.17, 15) is 22.8 Å². The molecule has 2 amide bonds. The Kier molecular flexibility index (Phi) is 7.45. The van der Waals surface area contributed by atoms with Crippen molar-refractivity contribution in [3.05, 3.63) is 107 Å². The summed E-state index contributed by atoms with van der Waals surface area (Å²) in [7, 11) is 0. The maximum atomic E-state index is 13.5. The van der Waals surface area contributed by atoms with E-state index in [1.54, 1.807) is 42.5 Å². The molecule has 206 valence electrons. The monoisotopic (exact) mass is 576 g/mol. The summed E-state index contributed by atoms with van der Waals surface area (Å²) in [6.45, 7) is 3.45. The van der Waals surface area contributed by atoms with Crippen LogP contribution in [0.15, 0.2) is 85.6 Å². The third kappa shape index (κ3) is 6.04. The molecule has 12 heteroatoms. The van der Waals surface area contributed by atoms with Crippen molar-refractivity contribution in [3.63, 3.8) is 0 Å². The van der Waals surface area contributed by atoms with E-state index in [4.69, 9.17) is 11.6 Å². The molecule has 1 aliphatic rings. The van der Waals surface area contributed by atoms with Gasteiger partial charge in [0.15, 0.2) is 5.82 Å². The van der Waals surface area contributed by atoms with Gasteiger partial charge in [-0.3, -0.25) is 9.59 Å². The lowest BCUT2D eigenvalue weighted by Gasteiger charge is -2.14. The van der Waals surface area contributed by atoms with Gasteiger partial charge in [0.1, 0.15) is 5.02 Å². The van der Waals surface area contributed by atoms with Crippen molar-refractivity contribution < 1.29 is 22.8 Å². The molecule has 8 nitrogen and oxygen atoms in total. The van der Waals surface area contributed by atoms with Gasteiger partial charge in [-0.1, -0.05) is 48.5 Å². The molecule has 0 unspecified atom stereocenters. The number of hydrogen-bond acceptors (Lipinski definition) is 6. The minimum atomic E-state index is -4.58. The average molecular weight is 577 g/mol. The van der Waals surface area contributed by atoms with Crippen LogP contribution in [-0.2, 0) is 15.8 Å². The highest BCUT2D eigenvalue weighted by Crippen LogP contribution is 2.38. The molecule has 41 heavy (non-hydrogen) atoms. The summed E-state index contributed by atoms with van der Waals surface area (Å²) in [6, 6.07) is 16.9.